The van der Waals surface area contributed by atoms with Gasteiger partial charge in [-0.15, -0.1) is 11.8 Å². The largest absolute Gasteiger partial charge is 0.600 e. The average molecular weight is 263 g/mol. The van der Waals surface area contributed by atoms with E-state index in [2.05, 4.69) is 0 Å². The summed E-state index contributed by atoms with van der Waals surface area (Å²) in [6, 6.07) is 7.32. The zero-order chi connectivity index (χ0) is 12.0. The van der Waals surface area contributed by atoms with Gasteiger partial charge in [0.15, 0.2) is 0 Å². The van der Waals surface area contributed by atoms with Crippen LogP contribution in [0.4, 0.5) is 0 Å². The lowest BCUT2D eigenvalue weighted by Gasteiger charge is -2.21. The quantitative estimate of drug-likeness (QED) is 0.665. The second kappa shape index (κ2) is 7.11. The van der Waals surface area contributed by atoms with Crippen LogP contribution in [0.3, 0.4) is 0 Å². The highest BCUT2D eigenvalue weighted by atomic mass is 35.5. The Morgan fingerprint density at radius 1 is 1.50 bits per heavy atom. The van der Waals surface area contributed by atoms with Crippen molar-refractivity contribution in [3.8, 4) is 0 Å². The van der Waals surface area contributed by atoms with Crippen LogP contribution in [0.1, 0.15) is 10.8 Å². The summed E-state index contributed by atoms with van der Waals surface area (Å²) in [4.78, 5) is 0. The van der Waals surface area contributed by atoms with Gasteiger partial charge in [-0.1, -0.05) is 29.8 Å². The van der Waals surface area contributed by atoms with E-state index < -0.39 is 5.23 Å². The number of nitrogens with two attached hydrogens (primary N) is 1. The Balaban J connectivity index is 2.78. The summed E-state index contributed by atoms with van der Waals surface area (Å²) < 4.78 is 0. The molecule has 4 N–H and O–H groups in total. The molecule has 0 radical (unpaired) electrons. The molecule has 0 aliphatic rings. The third-order valence-corrected chi connectivity index (χ3v) is 3.69. The molecular weight excluding hydrogens is 248 g/mol. The number of halogens is 1. The standard InChI is InChI=1S/C10H15ClN2O2S/c11-9-4-2-1-3-8(9)10(7-13(14)15)16-6-5-12/h1-4,10,13-14H,5-7,12H2. The first-order chi connectivity index (χ1) is 7.65. The number of quaternary nitrogens is 1. The molecule has 6 heteroatoms. The molecule has 0 aromatic heterocycles. The molecule has 2 unspecified atom stereocenters. The Hall–Kier alpha value is -0.300. The van der Waals surface area contributed by atoms with Crippen LogP contribution in [-0.2, 0) is 0 Å². The fourth-order valence-corrected chi connectivity index (χ4v) is 2.76. The predicted molar refractivity (Wildman–Crippen MR) is 66.7 cm³/mol. The number of thioether (sulfide) groups is 1. The topological polar surface area (TPSA) is 73.8 Å². The Bertz CT molecular complexity index is 325. The molecule has 0 saturated carbocycles. The Kier molecular flexibility index (Phi) is 6.12. The molecule has 0 aliphatic carbocycles. The number of nitrogens with one attached hydrogen (secondary N) is 1. The van der Waals surface area contributed by atoms with Crippen LogP contribution in [0.15, 0.2) is 24.3 Å². The molecule has 1 aromatic rings. The van der Waals surface area contributed by atoms with Gasteiger partial charge in [-0.2, -0.15) is 0 Å². The van der Waals surface area contributed by atoms with Crippen LogP contribution in [0.2, 0.25) is 5.02 Å². The minimum Gasteiger partial charge on any atom is -0.600 e. The summed E-state index contributed by atoms with van der Waals surface area (Å²) in [5.74, 6) is 0.725. The number of hydrogen-bond donors (Lipinski definition) is 3. The summed E-state index contributed by atoms with van der Waals surface area (Å²) in [5.41, 5.74) is 6.29. The minimum absolute atomic E-state index is 0.0639. The third-order valence-electron chi connectivity index (χ3n) is 2.05. The van der Waals surface area contributed by atoms with Crippen LogP contribution >= 0.6 is 23.4 Å². The van der Waals surface area contributed by atoms with E-state index in [1.165, 1.54) is 11.8 Å². The van der Waals surface area contributed by atoms with Crippen molar-refractivity contribution >= 4 is 23.4 Å². The first-order valence-electron chi connectivity index (χ1n) is 4.93. The van der Waals surface area contributed by atoms with Gasteiger partial charge in [-0.05, 0) is 11.6 Å². The third kappa shape index (κ3) is 4.29. The normalized spacial score (nSPS) is 14.8. The molecule has 16 heavy (non-hydrogen) atoms. The molecule has 90 valence electrons. The SMILES string of the molecule is NCCSC(C[NH+]([O-])O)c1ccccc1Cl. The molecule has 0 aliphatic heterocycles. The van der Waals surface area contributed by atoms with E-state index >= 15 is 0 Å². The van der Waals surface area contributed by atoms with Gasteiger partial charge in [0, 0.05) is 17.3 Å². The Morgan fingerprint density at radius 3 is 2.75 bits per heavy atom. The highest BCUT2D eigenvalue weighted by molar-refractivity contribution is 7.99. The Labute approximate surface area is 104 Å². The van der Waals surface area contributed by atoms with E-state index in [1.54, 1.807) is 6.07 Å². The maximum Gasteiger partial charge on any atom is 0.123 e. The molecule has 1 rings (SSSR count). The van der Waals surface area contributed by atoms with Crippen LogP contribution in [-0.4, -0.2) is 24.0 Å². The van der Waals surface area contributed by atoms with Crippen LogP contribution in [0, 0.1) is 5.21 Å². The highest BCUT2D eigenvalue weighted by Gasteiger charge is 2.17. The first kappa shape index (κ1) is 13.8. The van der Waals surface area contributed by atoms with Crippen LogP contribution < -0.4 is 11.0 Å². The molecular formula is C10H15ClN2O2S. The van der Waals surface area contributed by atoms with E-state index in [4.69, 9.17) is 22.5 Å². The zero-order valence-corrected chi connectivity index (χ0v) is 10.3. The van der Waals surface area contributed by atoms with Crippen LogP contribution in [0.5, 0.6) is 0 Å². The second-order valence-corrected chi connectivity index (χ2v) is 4.99. The van der Waals surface area contributed by atoms with Crippen molar-refractivity contribution in [2.75, 3.05) is 18.8 Å². The molecule has 0 saturated heterocycles. The summed E-state index contributed by atoms with van der Waals surface area (Å²) >= 11 is 7.57. The molecule has 0 amide bonds. The monoisotopic (exact) mass is 262 g/mol. The van der Waals surface area contributed by atoms with E-state index in [-0.39, 0.29) is 11.8 Å². The number of hydrogen-bond acceptors (Lipinski definition) is 4. The minimum atomic E-state index is -0.825. The zero-order valence-electron chi connectivity index (χ0n) is 8.73. The van der Waals surface area contributed by atoms with Gasteiger partial charge in [0.2, 0.25) is 0 Å². The molecule has 0 spiro atoms. The number of benzene rings is 1. The van der Waals surface area contributed by atoms with Crippen molar-refractivity contribution in [3.63, 3.8) is 0 Å². The lowest BCUT2D eigenvalue weighted by molar-refractivity contribution is -1.05. The smallest absolute Gasteiger partial charge is 0.123 e. The molecule has 4 nitrogen and oxygen atoms in total. The van der Waals surface area contributed by atoms with Gasteiger partial charge < -0.3 is 10.9 Å². The molecule has 0 heterocycles. The first-order valence-corrected chi connectivity index (χ1v) is 6.35. The summed E-state index contributed by atoms with van der Waals surface area (Å²) in [7, 11) is 0. The summed E-state index contributed by atoms with van der Waals surface area (Å²) in [6.45, 7) is 0.597. The van der Waals surface area contributed by atoms with Crippen molar-refractivity contribution in [1.29, 1.82) is 0 Å². The summed E-state index contributed by atoms with van der Waals surface area (Å²) in [5, 5.41) is 19.3. The van der Waals surface area contributed by atoms with Crippen molar-refractivity contribution in [1.82, 2.24) is 0 Å². The fraction of sp³-hybridized carbons (Fsp3) is 0.400. The predicted octanol–water partition coefficient (Wildman–Crippen LogP) is 0.845. The summed E-state index contributed by atoms with van der Waals surface area (Å²) in [6.07, 6.45) is 0. The number of hydroxylamine groups is 2. The van der Waals surface area contributed by atoms with Gasteiger partial charge in [0.25, 0.3) is 0 Å². The maximum absolute atomic E-state index is 10.8. The van der Waals surface area contributed by atoms with Crippen molar-refractivity contribution in [3.05, 3.63) is 40.1 Å². The van der Waals surface area contributed by atoms with E-state index in [9.17, 15) is 5.21 Å². The van der Waals surface area contributed by atoms with E-state index in [1.807, 2.05) is 18.2 Å². The van der Waals surface area contributed by atoms with Gasteiger partial charge >= 0.3 is 0 Å². The lowest BCUT2D eigenvalue weighted by Crippen LogP contribution is -3.05. The van der Waals surface area contributed by atoms with E-state index in [0.717, 1.165) is 11.3 Å². The van der Waals surface area contributed by atoms with Gasteiger partial charge in [-0.3, -0.25) is 0 Å². The molecule has 0 fully saturated rings. The van der Waals surface area contributed by atoms with Crippen LogP contribution in [0.25, 0.3) is 0 Å². The van der Waals surface area contributed by atoms with Crippen molar-refractivity contribution in [2.45, 2.75) is 5.25 Å². The van der Waals surface area contributed by atoms with Gasteiger partial charge in [0.05, 0.1) is 5.25 Å². The van der Waals surface area contributed by atoms with E-state index in [0.29, 0.717) is 11.6 Å². The van der Waals surface area contributed by atoms with Gasteiger partial charge in [0.1, 0.15) is 6.54 Å². The molecule has 1 aromatic carbocycles. The second-order valence-electron chi connectivity index (χ2n) is 3.27. The fourth-order valence-electron chi connectivity index (χ4n) is 1.36. The van der Waals surface area contributed by atoms with Crippen molar-refractivity contribution < 1.29 is 10.4 Å². The van der Waals surface area contributed by atoms with Gasteiger partial charge in [-0.25, -0.2) is 10.4 Å². The number of rotatable bonds is 6. The molecule has 0 bridgehead atoms. The molecule has 2 atom stereocenters. The maximum atomic E-state index is 10.8. The Morgan fingerprint density at radius 2 is 2.19 bits per heavy atom. The van der Waals surface area contributed by atoms with Crippen molar-refractivity contribution in [2.24, 2.45) is 5.73 Å². The average Bonchev–Trinajstić information content (AvgIpc) is 2.24. The highest BCUT2D eigenvalue weighted by Crippen LogP contribution is 2.31. The lowest BCUT2D eigenvalue weighted by atomic mass is 10.1.